The Hall–Kier alpha value is -1.33. The molecule has 1 aromatic rings. The molecular weight excluding hydrogens is 264 g/mol. The Labute approximate surface area is 114 Å². The van der Waals surface area contributed by atoms with Gasteiger partial charge in [0.15, 0.2) is 5.78 Å². The van der Waals surface area contributed by atoms with Crippen molar-refractivity contribution in [3.8, 4) is 0 Å². The first-order valence-electron chi connectivity index (χ1n) is 6.22. The third kappa shape index (κ3) is 1.72. The summed E-state index contributed by atoms with van der Waals surface area (Å²) in [7, 11) is 0. The van der Waals surface area contributed by atoms with Crippen molar-refractivity contribution in [3.05, 3.63) is 35.4 Å². The minimum absolute atomic E-state index is 0.229. The van der Waals surface area contributed by atoms with Crippen LogP contribution in [0.3, 0.4) is 0 Å². The molecule has 1 fully saturated rings. The van der Waals surface area contributed by atoms with Gasteiger partial charge in [-0.05, 0) is 17.7 Å². The summed E-state index contributed by atoms with van der Waals surface area (Å²) in [5.41, 5.74) is -0.271. The van der Waals surface area contributed by atoms with E-state index in [2.05, 4.69) is 0 Å². The van der Waals surface area contributed by atoms with Gasteiger partial charge in [-0.25, -0.2) is 0 Å². The summed E-state index contributed by atoms with van der Waals surface area (Å²) in [6, 6.07) is 6.93. The number of fused-ring (bicyclic) bond motifs is 3. The van der Waals surface area contributed by atoms with Gasteiger partial charge in [0.1, 0.15) is 5.60 Å². The number of carboxylic acid groups (broad SMARTS) is 1. The molecule has 1 saturated heterocycles. The van der Waals surface area contributed by atoms with Crippen molar-refractivity contribution in [2.24, 2.45) is 11.8 Å². The van der Waals surface area contributed by atoms with Crippen molar-refractivity contribution >= 4 is 23.5 Å². The molecule has 2 unspecified atom stereocenters. The molecule has 4 nitrogen and oxygen atoms in total. The number of aliphatic carboxylic acids is 1. The highest BCUT2D eigenvalue weighted by atomic mass is 32.2. The molecule has 1 aliphatic carbocycles. The maximum atomic E-state index is 12.5. The molecule has 0 radical (unpaired) electrons. The third-order valence-corrected chi connectivity index (χ3v) is 5.24. The van der Waals surface area contributed by atoms with E-state index in [0.29, 0.717) is 29.1 Å². The van der Waals surface area contributed by atoms with Crippen molar-refractivity contribution in [3.63, 3.8) is 0 Å². The lowest BCUT2D eigenvalue weighted by molar-refractivity contribution is -0.146. The smallest absolute Gasteiger partial charge is 0.307 e. The lowest BCUT2D eigenvalue weighted by Gasteiger charge is -2.30. The van der Waals surface area contributed by atoms with Gasteiger partial charge in [-0.3, -0.25) is 9.59 Å². The standard InChI is InChI=1S/C14H14O4S/c15-12-8-3-1-2-4-10(8)14(18)7-19-6-5-9(11(12)14)13(16)17/h1-4,9,11,18H,5-7H2,(H,16,17)/t9-,11?,14?/m1/s1. The second-order valence-corrected chi connectivity index (χ2v) is 6.20. The van der Waals surface area contributed by atoms with Crippen LogP contribution in [0, 0.1) is 11.8 Å². The number of carboxylic acids is 1. The predicted octanol–water partition coefficient (Wildman–Crippen LogP) is 1.52. The van der Waals surface area contributed by atoms with E-state index in [1.54, 1.807) is 24.3 Å². The van der Waals surface area contributed by atoms with Crippen LogP contribution >= 0.6 is 11.8 Å². The van der Waals surface area contributed by atoms with Crippen LogP contribution in [-0.4, -0.2) is 33.5 Å². The number of ketones is 1. The summed E-state index contributed by atoms with van der Waals surface area (Å²) in [4.78, 5) is 23.9. The number of hydrogen-bond donors (Lipinski definition) is 2. The minimum Gasteiger partial charge on any atom is -0.481 e. The van der Waals surface area contributed by atoms with Crippen LogP contribution in [0.1, 0.15) is 22.3 Å². The molecule has 1 heterocycles. The molecule has 5 heteroatoms. The highest BCUT2D eigenvalue weighted by Crippen LogP contribution is 2.49. The minimum atomic E-state index is -1.34. The number of benzene rings is 1. The van der Waals surface area contributed by atoms with Crippen LogP contribution in [0.25, 0.3) is 0 Å². The molecule has 0 saturated carbocycles. The van der Waals surface area contributed by atoms with E-state index in [4.69, 9.17) is 0 Å². The van der Waals surface area contributed by atoms with Gasteiger partial charge in [-0.15, -0.1) is 0 Å². The van der Waals surface area contributed by atoms with Gasteiger partial charge < -0.3 is 10.2 Å². The Bertz CT molecular complexity index is 556. The normalized spacial score (nSPS) is 33.4. The zero-order chi connectivity index (χ0) is 13.6. The van der Waals surface area contributed by atoms with Crippen molar-refractivity contribution in [1.29, 1.82) is 0 Å². The zero-order valence-corrected chi connectivity index (χ0v) is 11.0. The van der Waals surface area contributed by atoms with Crippen molar-refractivity contribution in [1.82, 2.24) is 0 Å². The van der Waals surface area contributed by atoms with Gasteiger partial charge >= 0.3 is 5.97 Å². The maximum Gasteiger partial charge on any atom is 0.307 e. The van der Waals surface area contributed by atoms with Crippen LogP contribution in [0.15, 0.2) is 24.3 Å². The Morgan fingerprint density at radius 2 is 2.11 bits per heavy atom. The number of hydrogen-bond acceptors (Lipinski definition) is 4. The molecule has 1 aliphatic heterocycles. The van der Waals surface area contributed by atoms with Crippen molar-refractivity contribution in [2.45, 2.75) is 12.0 Å². The van der Waals surface area contributed by atoms with Crippen LogP contribution in [-0.2, 0) is 10.4 Å². The number of carbonyl (C=O) groups excluding carboxylic acids is 1. The molecule has 0 bridgehead atoms. The van der Waals surface area contributed by atoms with Crippen LogP contribution in [0.2, 0.25) is 0 Å². The second kappa shape index (κ2) is 4.35. The third-order valence-electron chi connectivity index (χ3n) is 4.07. The summed E-state index contributed by atoms with van der Waals surface area (Å²) >= 11 is 1.51. The fourth-order valence-electron chi connectivity index (χ4n) is 3.18. The number of thioether (sulfide) groups is 1. The highest BCUT2D eigenvalue weighted by Gasteiger charge is 2.56. The SMILES string of the molecule is O=C1c2ccccc2C2(O)CSCC[C@@H](C(=O)O)C12. The predicted molar refractivity (Wildman–Crippen MR) is 71.2 cm³/mol. The van der Waals surface area contributed by atoms with Gasteiger partial charge in [0.25, 0.3) is 0 Å². The van der Waals surface area contributed by atoms with Gasteiger partial charge in [-0.1, -0.05) is 24.3 Å². The van der Waals surface area contributed by atoms with E-state index >= 15 is 0 Å². The molecule has 2 N–H and O–H groups in total. The number of carbonyl (C=O) groups is 2. The Morgan fingerprint density at radius 3 is 2.84 bits per heavy atom. The van der Waals surface area contributed by atoms with E-state index in [-0.39, 0.29) is 5.78 Å². The first-order valence-corrected chi connectivity index (χ1v) is 7.38. The topological polar surface area (TPSA) is 74.6 Å². The Morgan fingerprint density at radius 1 is 1.37 bits per heavy atom. The molecule has 0 amide bonds. The summed E-state index contributed by atoms with van der Waals surface area (Å²) in [6.45, 7) is 0. The molecule has 1 aromatic carbocycles. The van der Waals surface area contributed by atoms with Gasteiger partial charge in [-0.2, -0.15) is 11.8 Å². The number of rotatable bonds is 1. The summed E-state index contributed by atoms with van der Waals surface area (Å²) in [5.74, 6) is -1.84. The highest BCUT2D eigenvalue weighted by molar-refractivity contribution is 7.99. The monoisotopic (exact) mass is 278 g/mol. The Kier molecular flexibility index (Phi) is 2.91. The van der Waals surface area contributed by atoms with E-state index < -0.39 is 23.4 Å². The maximum absolute atomic E-state index is 12.5. The summed E-state index contributed by atoms with van der Waals surface area (Å²) < 4.78 is 0. The van der Waals surface area contributed by atoms with E-state index in [1.165, 1.54) is 11.8 Å². The summed E-state index contributed by atoms with van der Waals surface area (Å²) in [6.07, 6.45) is 0.423. The first-order chi connectivity index (χ1) is 9.05. The largest absolute Gasteiger partial charge is 0.481 e. The number of aliphatic hydroxyl groups is 1. The first kappa shape index (κ1) is 12.7. The molecule has 100 valence electrons. The van der Waals surface area contributed by atoms with Crippen molar-refractivity contribution < 1.29 is 19.8 Å². The van der Waals surface area contributed by atoms with Gasteiger partial charge in [0.05, 0.1) is 11.8 Å². The Balaban J connectivity index is 2.17. The van der Waals surface area contributed by atoms with Crippen LogP contribution in [0.5, 0.6) is 0 Å². The van der Waals surface area contributed by atoms with E-state index in [1.807, 2.05) is 0 Å². The fraction of sp³-hybridized carbons (Fsp3) is 0.429. The fourth-order valence-corrected chi connectivity index (χ4v) is 4.39. The van der Waals surface area contributed by atoms with Gasteiger partial charge in [0, 0.05) is 11.3 Å². The molecular formula is C14H14O4S. The molecule has 0 spiro atoms. The number of Topliss-reactive ketones (excluding diaryl/α,β-unsaturated/α-hetero) is 1. The average Bonchev–Trinajstić information content (AvgIpc) is 2.54. The lowest BCUT2D eigenvalue weighted by Crippen LogP contribution is -2.42. The quantitative estimate of drug-likeness (QED) is 0.814. The molecule has 3 atom stereocenters. The second-order valence-electron chi connectivity index (χ2n) is 5.10. The zero-order valence-electron chi connectivity index (χ0n) is 10.2. The van der Waals surface area contributed by atoms with E-state index in [0.717, 1.165) is 0 Å². The van der Waals surface area contributed by atoms with Crippen molar-refractivity contribution in [2.75, 3.05) is 11.5 Å². The summed E-state index contributed by atoms with van der Waals surface area (Å²) in [5, 5.41) is 20.3. The average molecular weight is 278 g/mol. The molecule has 3 rings (SSSR count). The molecule has 19 heavy (non-hydrogen) atoms. The van der Waals surface area contributed by atoms with Crippen LogP contribution in [0.4, 0.5) is 0 Å². The molecule has 0 aromatic heterocycles. The van der Waals surface area contributed by atoms with Crippen LogP contribution < -0.4 is 0 Å². The van der Waals surface area contributed by atoms with Gasteiger partial charge in [0.2, 0.25) is 0 Å². The molecule has 2 aliphatic rings. The lowest BCUT2D eigenvalue weighted by atomic mass is 9.78. The van der Waals surface area contributed by atoms with E-state index in [9.17, 15) is 19.8 Å².